The molecule has 1 aliphatic heterocycles. The van der Waals surface area contributed by atoms with Gasteiger partial charge in [0.1, 0.15) is 11.2 Å². The Kier molecular flexibility index (Phi) is 4.85. The second-order valence-electron chi connectivity index (χ2n) is 8.79. The van der Waals surface area contributed by atoms with Crippen LogP contribution in [0.5, 0.6) is 0 Å². The first-order chi connectivity index (χ1) is 15.5. The maximum atomic E-state index is 12.9. The number of benzene rings is 1. The molecular weight excluding hydrogens is 461 g/mol. The van der Waals surface area contributed by atoms with Gasteiger partial charge in [0.25, 0.3) is 5.91 Å². The number of anilines is 1. The topological polar surface area (TPSA) is 83.7 Å². The van der Waals surface area contributed by atoms with Crippen molar-refractivity contribution >= 4 is 34.9 Å². The molecule has 3 heterocycles. The molecular formula is C21H20ClF3N6O2. The number of hydrogen-bond donors (Lipinski definition) is 2. The lowest BCUT2D eigenvalue weighted by molar-refractivity contribution is -0.137. The molecule has 1 aromatic carbocycles. The Hall–Kier alpha value is -3.21. The van der Waals surface area contributed by atoms with E-state index in [2.05, 4.69) is 15.7 Å². The first kappa shape index (κ1) is 21.6. The molecule has 33 heavy (non-hydrogen) atoms. The fourth-order valence-electron chi connectivity index (χ4n) is 4.77. The number of likely N-dealkylation sites (tertiary alicyclic amines) is 1. The average Bonchev–Trinajstić information content (AvgIpc) is 3.26. The Morgan fingerprint density at radius 3 is 2.64 bits per heavy atom. The van der Waals surface area contributed by atoms with Crippen molar-refractivity contribution in [1.82, 2.24) is 24.4 Å². The van der Waals surface area contributed by atoms with Gasteiger partial charge in [0.05, 0.1) is 22.5 Å². The van der Waals surface area contributed by atoms with Crippen molar-refractivity contribution in [2.45, 2.75) is 25.1 Å². The number of fused-ring (bicyclic) bond motifs is 1. The van der Waals surface area contributed by atoms with E-state index in [9.17, 15) is 22.8 Å². The number of urea groups is 1. The van der Waals surface area contributed by atoms with Crippen LogP contribution in [-0.4, -0.2) is 50.2 Å². The Morgan fingerprint density at radius 2 is 1.94 bits per heavy atom. The highest BCUT2D eigenvalue weighted by atomic mass is 35.5. The first-order valence-electron chi connectivity index (χ1n) is 10.3. The van der Waals surface area contributed by atoms with E-state index < -0.39 is 17.8 Å². The number of aryl methyl sites for hydroxylation is 1. The van der Waals surface area contributed by atoms with Crippen molar-refractivity contribution < 1.29 is 22.8 Å². The van der Waals surface area contributed by atoms with Gasteiger partial charge in [-0.05, 0) is 31.0 Å². The van der Waals surface area contributed by atoms with E-state index in [1.165, 1.54) is 0 Å². The zero-order valence-corrected chi connectivity index (χ0v) is 18.2. The van der Waals surface area contributed by atoms with Crippen LogP contribution in [0.4, 0.5) is 23.7 Å². The summed E-state index contributed by atoms with van der Waals surface area (Å²) in [6.45, 7) is 1.18. The predicted octanol–water partition coefficient (Wildman–Crippen LogP) is 3.77. The summed E-state index contributed by atoms with van der Waals surface area (Å²) in [5, 5.41) is 9.37. The Labute approximate surface area is 191 Å². The van der Waals surface area contributed by atoms with Gasteiger partial charge >= 0.3 is 12.2 Å². The third kappa shape index (κ3) is 3.79. The van der Waals surface area contributed by atoms with E-state index in [-0.39, 0.29) is 28.1 Å². The number of nitrogens with zero attached hydrogens (tertiary/aromatic N) is 4. The fraction of sp³-hybridized carbons (Fsp3) is 0.381. The third-order valence-electron chi connectivity index (χ3n) is 6.34. The van der Waals surface area contributed by atoms with Crippen molar-refractivity contribution in [3.63, 3.8) is 0 Å². The number of alkyl halides is 3. The number of imidazole rings is 1. The van der Waals surface area contributed by atoms with Crippen molar-refractivity contribution in [2.24, 2.45) is 12.5 Å². The molecule has 12 heteroatoms. The lowest BCUT2D eigenvalue weighted by Crippen LogP contribution is -2.67. The lowest BCUT2D eigenvalue weighted by Gasteiger charge is -2.58. The van der Waals surface area contributed by atoms with Gasteiger partial charge in [-0.25, -0.2) is 9.31 Å². The zero-order valence-electron chi connectivity index (χ0n) is 17.5. The molecule has 2 fully saturated rings. The molecule has 1 aliphatic carbocycles. The van der Waals surface area contributed by atoms with E-state index >= 15 is 0 Å². The molecule has 5 rings (SSSR count). The number of carbonyl (C=O) groups is 2. The molecule has 3 aromatic rings. The summed E-state index contributed by atoms with van der Waals surface area (Å²) in [5.41, 5.74) is 0.242. The minimum Gasteiger partial charge on any atom is -0.337 e. The van der Waals surface area contributed by atoms with Crippen LogP contribution in [0.1, 0.15) is 28.8 Å². The summed E-state index contributed by atoms with van der Waals surface area (Å²) < 4.78 is 42.2. The smallest absolute Gasteiger partial charge is 0.337 e. The van der Waals surface area contributed by atoms with Gasteiger partial charge in [-0.15, -0.1) is 0 Å². The summed E-state index contributed by atoms with van der Waals surface area (Å²) in [4.78, 5) is 26.9. The minimum atomic E-state index is -4.53. The van der Waals surface area contributed by atoms with E-state index in [1.807, 2.05) is 17.8 Å². The highest BCUT2D eigenvalue weighted by Gasteiger charge is 2.54. The van der Waals surface area contributed by atoms with Crippen LogP contribution in [-0.2, 0) is 13.2 Å². The predicted molar refractivity (Wildman–Crippen MR) is 114 cm³/mol. The second kappa shape index (κ2) is 7.41. The van der Waals surface area contributed by atoms with Crippen LogP contribution in [0, 0.1) is 5.41 Å². The molecule has 0 bridgehead atoms. The largest absolute Gasteiger partial charge is 0.416 e. The van der Waals surface area contributed by atoms with Gasteiger partial charge in [0.15, 0.2) is 0 Å². The zero-order chi connectivity index (χ0) is 23.5. The SMILES string of the molecule is Cn1ccn2ncc(C(=O)N3CC4(CC(NC(=O)Nc5cc(C(F)(F)F)ccc5Cl)C4)C3)c12. The number of rotatable bonds is 3. The maximum absolute atomic E-state index is 12.9. The number of amides is 3. The van der Waals surface area contributed by atoms with E-state index in [0.29, 0.717) is 31.5 Å². The second-order valence-corrected chi connectivity index (χ2v) is 9.20. The lowest BCUT2D eigenvalue weighted by atomic mass is 9.60. The van der Waals surface area contributed by atoms with Gasteiger partial charge in [-0.3, -0.25) is 4.79 Å². The summed E-state index contributed by atoms with van der Waals surface area (Å²) in [6, 6.07) is 2.02. The quantitative estimate of drug-likeness (QED) is 0.598. The highest BCUT2D eigenvalue weighted by Crippen LogP contribution is 2.48. The van der Waals surface area contributed by atoms with Crippen molar-refractivity contribution in [2.75, 3.05) is 18.4 Å². The molecule has 1 saturated heterocycles. The van der Waals surface area contributed by atoms with Crippen LogP contribution in [0.25, 0.3) is 5.65 Å². The first-order valence-corrected chi connectivity index (χ1v) is 10.6. The molecule has 0 atom stereocenters. The number of aromatic nitrogens is 3. The van der Waals surface area contributed by atoms with E-state index in [1.54, 1.807) is 21.8 Å². The van der Waals surface area contributed by atoms with Crippen molar-refractivity contribution in [3.8, 4) is 0 Å². The monoisotopic (exact) mass is 480 g/mol. The number of carbonyl (C=O) groups excluding carboxylic acids is 2. The normalized spacial score (nSPS) is 17.7. The molecule has 8 nitrogen and oxygen atoms in total. The number of hydrogen-bond acceptors (Lipinski definition) is 3. The molecule has 2 N–H and O–H groups in total. The maximum Gasteiger partial charge on any atom is 0.416 e. The summed E-state index contributed by atoms with van der Waals surface area (Å²) in [5.74, 6) is -0.0780. The van der Waals surface area contributed by atoms with Gasteiger partial charge in [-0.1, -0.05) is 11.6 Å². The minimum absolute atomic E-state index is 0.0175. The Bertz CT molecular complexity index is 1250. The molecule has 1 saturated carbocycles. The summed E-state index contributed by atoms with van der Waals surface area (Å²) in [6.07, 6.45) is 2.02. The van der Waals surface area contributed by atoms with E-state index in [0.717, 1.165) is 23.8 Å². The van der Waals surface area contributed by atoms with Crippen molar-refractivity contribution in [3.05, 3.63) is 52.9 Å². The van der Waals surface area contributed by atoms with Crippen LogP contribution >= 0.6 is 11.6 Å². The van der Waals surface area contributed by atoms with Crippen LogP contribution in [0.3, 0.4) is 0 Å². The standard InChI is InChI=1S/C21H20ClF3N6O2/c1-29-4-5-31-17(29)14(9-26-31)18(32)30-10-20(11-30)7-13(8-20)27-19(33)28-16-6-12(21(23,24)25)2-3-15(16)22/h2-6,9,13H,7-8,10-11H2,1H3,(H2,27,28,33). The molecule has 0 radical (unpaired) electrons. The molecule has 174 valence electrons. The van der Waals surface area contributed by atoms with Crippen LogP contribution in [0.2, 0.25) is 5.02 Å². The van der Waals surface area contributed by atoms with E-state index in [4.69, 9.17) is 11.6 Å². The van der Waals surface area contributed by atoms with Gasteiger partial charge in [0, 0.05) is 44.0 Å². The van der Waals surface area contributed by atoms with Gasteiger partial charge in [-0.2, -0.15) is 18.3 Å². The van der Waals surface area contributed by atoms with Gasteiger partial charge < -0.3 is 20.1 Å². The third-order valence-corrected chi connectivity index (χ3v) is 6.67. The van der Waals surface area contributed by atoms with Crippen LogP contribution in [0.15, 0.2) is 36.8 Å². The number of nitrogens with one attached hydrogen (secondary N) is 2. The summed E-state index contributed by atoms with van der Waals surface area (Å²) in [7, 11) is 1.85. The Morgan fingerprint density at radius 1 is 1.21 bits per heavy atom. The molecule has 0 unspecified atom stereocenters. The highest BCUT2D eigenvalue weighted by molar-refractivity contribution is 6.33. The number of halogens is 4. The van der Waals surface area contributed by atoms with Gasteiger partial charge in [0.2, 0.25) is 0 Å². The molecule has 2 aliphatic rings. The molecule has 2 aromatic heterocycles. The summed E-state index contributed by atoms with van der Waals surface area (Å²) >= 11 is 5.92. The molecule has 1 spiro atoms. The van der Waals surface area contributed by atoms with Crippen LogP contribution < -0.4 is 10.6 Å². The fourth-order valence-corrected chi connectivity index (χ4v) is 4.93. The Balaban J connectivity index is 1.14. The average molecular weight is 481 g/mol. The van der Waals surface area contributed by atoms with Crippen molar-refractivity contribution in [1.29, 1.82) is 0 Å². The molecule has 3 amide bonds.